The van der Waals surface area contributed by atoms with E-state index in [0.717, 1.165) is 17.7 Å². The Labute approximate surface area is 140 Å². The van der Waals surface area contributed by atoms with Crippen LogP contribution in [-0.2, 0) is 16.3 Å². The smallest absolute Gasteiger partial charge is 0.254 e. The van der Waals surface area contributed by atoms with Crippen molar-refractivity contribution in [1.29, 1.82) is 0 Å². The van der Waals surface area contributed by atoms with Crippen LogP contribution in [0, 0.1) is 0 Å². The maximum atomic E-state index is 11.9. The van der Waals surface area contributed by atoms with Gasteiger partial charge in [-0.2, -0.15) is 14.6 Å². The fraction of sp³-hybridized carbons (Fsp3) is 0.312. The molecule has 0 aliphatic heterocycles. The van der Waals surface area contributed by atoms with Gasteiger partial charge in [0.25, 0.3) is 5.78 Å². The molecule has 2 aromatic heterocycles. The number of aryl methyl sites for hydroxylation is 1. The second kappa shape index (κ2) is 6.56. The number of nitrogens with one attached hydrogen (secondary N) is 1. The van der Waals surface area contributed by atoms with Gasteiger partial charge >= 0.3 is 0 Å². The Kier molecular flexibility index (Phi) is 4.48. The first-order valence-electron chi connectivity index (χ1n) is 7.65. The quantitative estimate of drug-likeness (QED) is 0.734. The number of aromatic nitrogens is 4. The third kappa shape index (κ3) is 3.70. The van der Waals surface area contributed by atoms with Gasteiger partial charge in [0, 0.05) is 18.0 Å². The summed E-state index contributed by atoms with van der Waals surface area (Å²) in [6, 6.07) is 11.0. The van der Waals surface area contributed by atoms with E-state index >= 15 is 0 Å². The molecule has 1 aromatic carbocycles. The molecule has 0 saturated heterocycles. The predicted octanol–water partition coefficient (Wildman–Crippen LogP) is 1.88. The summed E-state index contributed by atoms with van der Waals surface area (Å²) in [6.45, 7) is 2.00. The first kappa shape index (κ1) is 16.4. The van der Waals surface area contributed by atoms with Gasteiger partial charge in [0.15, 0.2) is 0 Å². The summed E-state index contributed by atoms with van der Waals surface area (Å²) >= 11 is 0. The molecule has 0 aliphatic carbocycles. The van der Waals surface area contributed by atoms with Crippen LogP contribution in [0.1, 0.15) is 24.2 Å². The van der Waals surface area contributed by atoms with Crippen molar-refractivity contribution in [2.75, 3.05) is 17.3 Å². The normalized spacial score (nSPS) is 13.1. The average molecular weight is 345 g/mol. The molecule has 1 N–H and O–H groups in total. The van der Waals surface area contributed by atoms with Crippen LogP contribution in [0.25, 0.3) is 5.78 Å². The highest BCUT2D eigenvalue weighted by atomic mass is 32.2. The van der Waals surface area contributed by atoms with Crippen LogP contribution in [0.3, 0.4) is 0 Å². The summed E-state index contributed by atoms with van der Waals surface area (Å²) in [5.41, 5.74) is 1.76. The van der Waals surface area contributed by atoms with Crippen LogP contribution in [0.15, 0.2) is 42.7 Å². The van der Waals surface area contributed by atoms with Crippen molar-refractivity contribution < 1.29 is 8.42 Å². The Bertz CT molecular complexity index is 938. The minimum absolute atomic E-state index is 0.0169. The van der Waals surface area contributed by atoms with Crippen LogP contribution in [0.5, 0.6) is 0 Å². The van der Waals surface area contributed by atoms with Crippen molar-refractivity contribution in [3.63, 3.8) is 0 Å². The molecular weight excluding hydrogens is 326 g/mol. The lowest BCUT2D eigenvalue weighted by molar-refractivity contribution is 0.597. The Morgan fingerprint density at radius 3 is 2.67 bits per heavy atom. The van der Waals surface area contributed by atoms with Crippen molar-refractivity contribution in [3.05, 3.63) is 54.0 Å². The molecule has 126 valence electrons. The van der Waals surface area contributed by atoms with Gasteiger partial charge in [0.2, 0.25) is 0 Å². The van der Waals surface area contributed by atoms with E-state index in [4.69, 9.17) is 0 Å². The molecule has 8 heteroatoms. The topological polar surface area (TPSA) is 89.2 Å². The summed E-state index contributed by atoms with van der Waals surface area (Å²) in [5.74, 6) is 1.15. The molecule has 0 fully saturated rings. The zero-order chi connectivity index (χ0) is 17.2. The Morgan fingerprint density at radius 2 is 2.00 bits per heavy atom. The number of sulfone groups is 1. The van der Waals surface area contributed by atoms with Gasteiger partial charge in [-0.15, -0.1) is 0 Å². The highest BCUT2D eigenvalue weighted by molar-refractivity contribution is 7.90. The molecular formula is C16H19N5O2S. The molecule has 0 aliphatic rings. The molecule has 3 aromatic rings. The van der Waals surface area contributed by atoms with Crippen LogP contribution < -0.4 is 5.32 Å². The van der Waals surface area contributed by atoms with Gasteiger partial charge in [-0.05, 0) is 12.0 Å². The van der Waals surface area contributed by atoms with E-state index in [1.807, 2.05) is 43.3 Å². The maximum Gasteiger partial charge on any atom is 0.254 e. The molecule has 3 rings (SSSR count). The first-order valence-corrected chi connectivity index (χ1v) is 9.71. The highest BCUT2D eigenvalue weighted by Gasteiger charge is 2.19. The molecule has 7 nitrogen and oxygen atoms in total. The minimum Gasteiger partial charge on any atom is -0.362 e. The monoisotopic (exact) mass is 345 g/mol. The van der Waals surface area contributed by atoms with E-state index in [1.165, 1.54) is 12.6 Å². The van der Waals surface area contributed by atoms with Crippen molar-refractivity contribution in [3.8, 4) is 0 Å². The predicted molar refractivity (Wildman–Crippen MR) is 92.7 cm³/mol. The fourth-order valence-electron chi connectivity index (χ4n) is 2.53. The van der Waals surface area contributed by atoms with E-state index in [1.54, 1.807) is 4.52 Å². The molecule has 0 radical (unpaired) electrons. The Balaban J connectivity index is 2.03. The molecule has 0 spiro atoms. The minimum atomic E-state index is -3.17. The molecule has 2 heterocycles. The summed E-state index contributed by atoms with van der Waals surface area (Å²) in [6.07, 6.45) is 3.42. The van der Waals surface area contributed by atoms with Gasteiger partial charge in [-0.25, -0.2) is 13.4 Å². The van der Waals surface area contributed by atoms with Crippen LogP contribution in [0.2, 0.25) is 0 Å². The maximum absolute atomic E-state index is 11.9. The summed E-state index contributed by atoms with van der Waals surface area (Å²) < 4.78 is 25.3. The lowest BCUT2D eigenvalue weighted by atomic mass is 10.1. The van der Waals surface area contributed by atoms with Crippen LogP contribution in [0.4, 0.5) is 5.82 Å². The summed E-state index contributed by atoms with van der Waals surface area (Å²) in [7, 11) is -3.17. The number of hydrogen-bond donors (Lipinski definition) is 1. The van der Waals surface area contributed by atoms with Gasteiger partial charge in [0.05, 0.1) is 11.8 Å². The lowest BCUT2D eigenvalue weighted by Crippen LogP contribution is -2.22. The van der Waals surface area contributed by atoms with Gasteiger partial charge in [-0.1, -0.05) is 37.3 Å². The number of benzene rings is 1. The third-order valence-electron chi connectivity index (χ3n) is 3.66. The SMILES string of the molecule is CCc1cc(N[C@H](CS(C)(=O)=O)c2ccccc2)n2ncnc2n1. The molecule has 24 heavy (non-hydrogen) atoms. The van der Waals surface area contributed by atoms with Crippen LogP contribution >= 0.6 is 0 Å². The second-order valence-corrected chi connectivity index (χ2v) is 7.84. The highest BCUT2D eigenvalue weighted by Crippen LogP contribution is 2.22. The van der Waals surface area contributed by atoms with E-state index in [2.05, 4.69) is 20.4 Å². The van der Waals surface area contributed by atoms with Crippen molar-refractivity contribution in [2.24, 2.45) is 0 Å². The molecule has 0 bridgehead atoms. The van der Waals surface area contributed by atoms with Crippen molar-refractivity contribution in [2.45, 2.75) is 19.4 Å². The number of hydrogen-bond acceptors (Lipinski definition) is 6. The number of rotatable bonds is 6. The van der Waals surface area contributed by atoms with Gasteiger partial charge in [-0.3, -0.25) is 0 Å². The van der Waals surface area contributed by atoms with Crippen molar-refractivity contribution in [1.82, 2.24) is 19.6 Å². The van der Waals surface area contributed by atoms with Crippen molar-refractivity contribution >= 4 is 21.4 Å². The van der Waals surface area contributed by atoms with E-state index in [9.17, 15) is 8.42 Å². The third-order valence-corrected chi connectivity index (χ3v) is 4.60. The second-order valence-electron chi connectivity index (χ2n) is 5.66. The zero-order valence-corrected chi connectivity index (χ0v) is 14.4. The fourth-order valence-corrected chi connectivity index (χ4v) is 3.41. The lowest BCUT2D eigenvalue weighted by Gasteiger charge is -2.20. The first-order chi connectivity index (χ1) is 11.5. The molecule has 1 atom stereocenters. The van der Waals surface area contributed by atoms with Crippen LogP contribution in [-0.4, -0.2) is 40.0 Å². The summed E-state index contributed by atoms with van der Waals surface area (Å²) in [5, 5.41) is 7.47. The molecule has 0 unspecified atom stereocenters. The number of nitrogens with zero attached hydrogens (tertiary/aromatic N) is 4. The largest absolute Gasteiger partial charge is 0.362 e. The van der Waals surface area contributed by atoms with Gasteiger partial charge < -0.3 is 5.32 Å². The van der Waals surface area contributed by atoms with E-state index in [0.29, 0.717) is 11.6 Å². The zero-order valence-electron chi connectivity index (χ0n) is 13.5. The van der Waals surface area contributed by atoms with E-state index in [-0.39, 0.29) is 11.8 Å². The molecule has 0 amide bonds. The van der Waals surface area contributed by atoms with E-state index < -0.39 is 9.84 Å². The Hall–Kier alpha value is -2.48. The standard InChI is InChI=1S/C16H19N5O2S/c1-3-13-9-15(21-16(19-13)17-11-18-21)20-14(10-24(2,22)23)12-7-5-4-6-8-12/h4-9,11,14,20H,3,10H2,1-2H3/t14-/m1/s1. The Morgan fingerprint density at radius 1 is 1.25 bits per heavy atom. The molecule has 0 saturated carbocycles. The average Bonchev–Trinajstić information content (AvgIpc) is 3.02. The number of anilines is 1. The summed E-state index contributed by atoms with van der Waals surface area (Å²) in [4.78, 5) is 8.53. The number of fused-ring (bicyclic) bond motifs is 1. The van der Waals surface area contributed by atoms with Gasteiger partial charge in [0.1, 0.15) is 22.0 Å².